The van der Waals surface area contributed by atoms with Crippen LogP contribution in [0.1, 0.15) is 17.5 Å². The van der Waals surface area contributed by atoms with Crippen molar-refractivity contribution >= 4 is 11.6 Å². The number of halogens is 1. The second-order valence-corrected chi connectivity index (χ2v) is 4.22. The van der Waals surface area contributed by atoms with Crippen LogP contribution in [-0.4, -0.2) is 14.8 Å². The van der Waals surface area contributed by atoms with Crippen molar-refractivity contribution in [3.8, 4) is 5.82 Å². The first-order valence-corrected chi connectivity index (χ1v) is 5.76. The Morgan fingerprint density at radius 3 is 2.56 bits per heavy atom. The summed E-state index contributed by atoms with van der Waals surface area (Å²) >= 11 is 5.95. The highest BCUT2D eigenvalue weighted by molar-refractivity contribution is 6.31. The van der Waals surface area contributed by atoms with Crippen molar-refractivity contribution in [1.29, 1.82) is 0 Å². The fraction of sp³-hybridized carbons (Fsp3) is 0.167. The van der Waals surface area contributed by atoms with E-state index in [9.17, 15) is 0 Å². The normalized spacial score (nSPS) is 14.6. The maximum atomic E-state index is 5.95. The summed E-state index contributed by atoms with van der Waals surface area (Å²) in [7, 11) is 0. The summed E-state index contributed by atoms with van der Waals surface area (Å²) in [5, 5.41) is 4.78. The molecule has 1 aliphatic heterocycles. The molecule has 1 aliphatic rings. The summed E-state index contributed by atoms with van der Waals surface area (Å²) < 4.78 is 12.1. The van der Waals surface area contributed by atoms with Gasteiger partial charge >= 0.3 is 0 Å². The fourth-order valence-corrected chi connectivity index (χ4v) is 1.80. The smallest absolute Gasteiger partial charge is 0.267 e. The molecule has 0 saturated carbocycles. The number of hydrogen-bond acceptors (Lipinski definition) is 4. The molecule has 2 aromatic heterocycles. The van der Waals surface area contributed by atoms with Gasteiger partial charge in [0, 0.05) is 6.20 Å². The van der Waals surface area contributed by atoms with Crippen LogP contribution in [0.15, 0.2) is 37.1 Å². The van der Waals surface area contributed by atoms with E-state index in [0.29, 0.717) is 10.8 Å². The molecule has 0 saturated heterocycles. The summed E-state index contributed by atoms with van der Waals surface area (Å²) in [6.45, 7) is 1.89. The Morgan fingerprint density at radius 1 is 1.22 bits per heavy atom. The lowest BCUT2D eigenvalue weighted by atomic mass is 10.3. The molecule has 0 aromatic carbocycles. The molecular formula is C12H10ClN3O2. The minimum Gasteiger partial charge on any atom is -0.455 e. The van der Waals surface area contributed by atoms with E-state index in [4.69, 9.17) is 21.1 Å². The Kier molecular flexibility index (Phi) is 2.68. The SMILES string of the molecule is Cc1c(Cl)cnn1-c1ccc(C2OC=CO2)cn1. The molecule has 92 valence electrons. The molecule has 2 aromatic rings. The average molecular weight is 264 g/mol. The molecular weight excluding hydrogens is 254 g/mol. The minimum atomic E-state index is -0.408. The van der Waals surface area contributed by atoms with E-state index in [1.165, 1.54) is 12.5 Å². The first-order valence-electron chi connectivity index (χ1n) is 5.38. The minimum absolute atomic E-state index is 0.408. The number of hydrogen-bond donors (Lipinski definition) is 0. The second-order valence-electron chi connectivity index (χ2n) is 3.82. The van der Waals surface area contributed by atoms with Gasteiger partial charge in [-0.1, -0.05) is 11.6 Å². The van der Waals surface area contributed by atoms with Gasteiger partial charge in [-0.3, -0.25) is 0 Å². The van der Waals surface area contributed by atoms with Crippen molar-refractivity contribution in [1.82, 2.24) is 14.8 Å². The molecule has 18 heavy (non-hydrogen) atoms. The van der Waals surface area contributed by atoms with E-state index in [2.05, 4.69) is 10.1 Å². The Hall–Kier alpha value is -2.01. The molecule has 3 rings (SSSR count). The van der Waals surface area contributed by atoms with Crippen LogP contribution >= 0.6 is 11.6 Å². The van der Waals surface area contributed by atoms with Gasteiger partial charge in [-0.2, -0.15) is 5.10 Å². The van der Waals surface area contributed by atoms with Gasteiger partial charge in [-0.15, -0.1) is 0 Å². The summed E-state index contributed by atoms with van der Waals surface area (Å²) in [6.07, 6.45) is 5.90. The van der Waals surface area contributed by atoms with E-state index in [0.717, 1.165) is 11.3 Å². The lowest BCUT2D eigenvalue weighted by Gasteiger charge is -2.10. The molecule has 0 unspecified atom stereocenters. The quantitative estimate of drug-likeness (QED) is 0.836. The second kappa shape index (κ2) is 4.34. The fourth-order valence-electron chi connectivity index (χ4n) is 1.68. The van der Waals surface area contributed by atoms with Crippen molar-refractivity contribution in [3.63, 3.8) is 0 Å². The zero-order valence-electron chi connectivity index (χ0n) is 9.58. The van der Waals surface area contributed by atoms with Gasteiger partial charge in [0.1, 0.15) is 12.5 Å². The molecule has 0 aliphatic carbocycles. The molecule has 5 nitrogen and oxygen atoms in total. The first-order chi connectivity index (χ1) is 8.75. The number of rotatable bonds is 2. The Bertz CT molecular complexity index is 584. The van der Waals surface area contributed by atoms with Gasteiger partial charge in [-0.25, -0.2) is 9.67 Å². The molecule has 0 atom stereocenters. The van der Waals surface area contributed by atoms with Gasteiger partial charge < -0.3 is 9.47 Å². The molecule has 6 heteroatoms. The van der Waals surface area contributed by atoms with Crippen molar-refractivity contribution < 1.29 is 9.47 Å². The van der Waals surface area contributed by atoms with E-state index < -0.39 is 6.29 Å². The van der Waals surface area contributed by atoms with Gasteiger partial charge in [0.15, 0.2) is 5.82 Å². The van der Waals surface area contributed by atoms with Gasteiger partial charge in [-0.05, 0) is 19.1 Å². The summed E-state index contributed by atoms with van der Waals surface area (Å²) in [5.74, 6) is 0.703. The van der Waals surface area contributed by atoms with Crippen LogP contribution in [0, 0.1) is 6.92 Å². The third-order valence-electron chi connectivity index (χ3n) is 2.67. The molecule has 0 N–H and O–H groups in total. The maximum absolute atomic E-state index is 5.95. The number of pyridine rings is 1. The van der Waals surface area contributed by atoms with E-state index in [-0.39, 0.29) is 0 Å². The van der Waals surface area contributed by atoms with Gasteiger partial charge in [0.2, 0.25) is 0 Å². The predicted octanol–water partition coefficient (Wildman–Crippen LogP) is 2.75. The Balaban J connectivity index is 1.89. The number of nitrogens with zero attached hydrogens (tertiary/aromatic N) is 3. The van der Waals surface area contributed by atoms with Crippen LogP contribution < -0.4 is 0 Å². The largest absolute Gasteiger partial charge is 0.455 e. The third-order valence-corrected chi connectivity index (χ3v) is 3.04. The van der Waals surface area contributed by atoms with Crippen LogP contribution in [0.4, 0.5) is 0 Å². The molecule has 0 fully saturated rings. The molecule has 0 amide bonds. The summed E-state index contributed by atoms with van der Waals surface area (Å²) in [4.78, 5) is 4.32. The summed E-state index contributed by atoms with van der Waals surface area (Å²) in [5.41, 5.74) is 1.70. The first kappa shape index (κ1) is 11.1. The molecule has 0 bridgehead atoms. The van der Waals surface area contributed by atoms with Crippen molar-refractivity contribution in [3.05, 3.63) is 53.3 Å². The summed E-state index contributed by atoms with van der Waals surface area (Å²) in [6, 6.07) is 3.73. The van der Waals surface area contributed by atoms with Crippen LogP contribution in [0.5, 0.6) is 0 Å². The van der Waals surface area contributed by atoms with Crippen LogP contribution in [-0.2, 0) is 9.47 Å². The standard InChI is InChI=1S/C12H10ClN3O2/c1-8-10(13)7-15-16(8)11-3-2-9(6-14-11)12-17-4-5-18-12/h2-7,12H,1H3. The predicted molar refractivity (Wildman–Crippen MR) is 65.2 cm³/mol. The van der Waals surface area contributed by atoms with E-state index in [1.807, 2.05) is 19.1 Å². The van der Waals surface area contributed by atoms with Gasteiger partial charge in [0.05, 0.1) is 22.5 Å². The van der Waals surface area contributed by atoms with E-state index in [1.54, 1.807) is 17.1 Å². The van der Waals surface area contributed by atoms with Crippen LogP contribution in [0.2, 0.25) is 5.02 Å². The molecule has 3 heterocycles. The topological polar surface area (TPSA) is 49.2 Å². The number of aromatic nitrogens is 3. The molecule has 0 spiro atoms. The lowest BCUT2D eigenvalue weighted by molar-refractivity contribution is -0.0248. The van der Waals surface area contributed by atoms with E-state index >= 15 is 0 Å². The highest BCUT2D eigenvalue weighted by Crippen LogP contribution is 2.24. The average Bonchev–Trinajstić information content (AvgIpc) is 3.02. The zero-order valence-corrected chi connectivity index (χ0v) is 10.3. The third kappa shape index (κ3) is 1.82. The monoisotopic (exact) mass is 263 g/mol. The Labute approximate surface area is 109 Å². The molecule has 0 radical (unpaired) electrons. The van der Waals surface area contributed by atoms with Gasteiger partial charge in [0.25, 0.3) is 6.29 Å². The van der Waals surface area contributed by atoms with Crippen molar-refractivity contribution in [2.75, 3.05) is 0 Å². The maximum Gasteiger partial charge on any atom is 0.267 e. The zero-order chi connectivity index (χ0) is 12.5. The number of ether oxygens (including phenoxy) is 2. The Morgan fingerprint density at radius 2 is 2.00 bits per heavy atom. The highest BCUT2D eigenvalue weighted by Gasteiger charge is 2.16. The van der Waals surface area contributed by atoms with Crippen LogP contribution in [0.3, 0.4) is 0 Å². The van der Waals surface area contributed by atoms with Crippen LogP contribution in [0.25, 0.3) is 5.82 Å². The van der Waals surface area contributed by atoms with Crippen molar-refractivity contribution in [2.24, 2.45) is 0 Å². The van der Waals surface area contributed by atoms with Crippen molar-refractivity contribution in [2.45, 2.75) is 13.2 Å². The lowest BCUT2D eigenvalue weighted by Crippen LogP contribution is -2.04. The highest BCUT2D eigenvalue weighted by atomic mass is 35.5.